The van der Waals surface area contributed by atoms with E-state index in [2.05, 4.69) is 29.4 Å². The first-order valence-electron chi connectivity index (χ1n) is 8.29. The van der Waals surface area contributed by atoms with Crippen molar-refractivity contribution >= 4 is 5.91 Å². The van der Waals surface area contributed by atoms with Crippen molar-refractivity contribution in [3.05, 3.63) is 47.8 Å². The first-order valence-corrected chi connectivity index (χ1v) is 8.29. The Labute approximate surface area is 147 Å². The number of β-amino-alcohol motifs (C(OH)–C–C–N with tert-alkyl or cyclic N) is 1. The van der Waals surface area contributed by atoms with Gasteiger partial charge < -0.3 is 20.9 Å². The summed E-state index contributed by atoms with van der Waals surface area (Å²) < 4.78 is 5.41. The molecule has 1 aromatic heterocycles. The fourth-order valence-electron chi connectivity index (χ4n) is 2.34. The van der Waals surface area contributed by atoms with Crippen molar-refractivity contribution in [1.82, 2.24) is 15.5 Å². The number of primary amides is 1. The second-order valence-electron chi connectivity index (χ2n) is 6.72. The van der Waals surface area contributed by atoms with Crippen LogP contribution in [-0.2, 0) is 6.42 Å². The minimum atomic E-state index is -0.607. The molecule has 25 heavy (non-hydrogen) atoms. The van der Waals surface area contributed by atoms with Crippen LogP contribution in [-0.4, -0.2) is 46.0 Å². The second-order valence-corrected chi connectivity index (χ2v) is 6.72. The third-order valence-corrected chi connectivity index (χ3v) is 4.01. The van der Waals surface area contributed by atoms with E-state index >= 15 is 0 Å². The molecule has 0 bridgehead atoms. The number of benzene rings is 1. The van der Waals surface area contributed by atoms with Crippen LogP contribution in [0.25, 0.3) is 0 Å². The molecule has 0 fully saturated rings. The van der Waals surface area contributed by atoms with Crippen LogP contribution in [0.15, 0.2) is 36.7 Å². The highest BCUT2D eigenvalue weighted by Gasteiger charge is 2.19. The first-order chi connectivity index (χ1) is 11.9. The van der Waals surface area contributed by atoms with Crippen LogP contribution < -0.4 is 15.8 Å². The number of rotatable bonds is 10. The maximum atomic E-state index is 11.1. The Morgan fingerprint density at radius 2 is 2.12 bits per heavy atom. The van der Waals surface area contributed by atoms with E-state index < -0.39 is 12.0 Å². The van der Waals surface area contributed by atoms with Crippen LogP contribution in [0.2, 0.25) is 0 Å². The number of nitrogens with one attached hydrogen (secondary N) is 2. The van der Waals surface area contributed by atoms with Gasteiger partial charge in [0.15, 0.2) is 5.75 Å². The molecule has 0 aliphatic heterocycles. The predicted molar refractivity (Wildman–Crippen MR) is 95.5 cm³/mol. The van der Waals surface area contributed by atoms with Gasteiger partial charge in [0.25, 0.3) is 0 Å². The van der Waals surface area contributed by atoms with Crippen molar-refractivity contribution in [3.63, 3.8) is 0 Å². The summed E-state index contributed by atoms with van der Waals surface area (Å²) in [5, 5.41) is 19.8. The highest BCUT2D eigenvalue weighted by molar-refractivity contribution is 5.92. The Morgan fingerprint density at radius 3 is 2.72 bits per heavy atom. The minimum Gasteiger partial charge on any atom is -0.488 e. The Morgan fingerprint density at radius 1 is 1.40 bits per heavy atom. The van der Waals surface area contributed by atoms with Gasteiger partial charge in [-0.15, -0.1) is 0 Å². The lowest BCUT2D eigenvalue weighted by atomic mass is 9.94. The average Bonchev–Trinajstić information content (AvgIpc) is 3.10. The van der Waals surface area contributed by atoms with Crippen molar-refractivity contribution in [2.24, 2.45) is 5.73 Å². The van der Waals surface area contributed by atoms with Gasteiger partial charge in [0.1, 0.15) is 12.7 Å². The number of aliphatic hydroxyl groups excluding tert-OH is 1. The van der Waals surface area contributed by atoms with Gasteiger partial charge in [-0.3, -0.25) is 9.89 Å². The monoisotopic (exact) mass is 346 g/mol. The Hall–Kier alpha value is -2.38. The molecule has 2 rings (SSSR count). The van der Waals surface area contributed by atoms with E-state index in [9.17, 15) is 9.90 Å². The summed E-state index contributed by atoms with van der Waals surface area (Å²) in [6.07, 6.45) is 4.34. The quantitative estimate of drug-likeness (QED) is 0.517. The average molecular weight is 346 g/mol. The van der Waals surface area contributed by atoms with Gasteiger partial charge in [-0.2, -0.15) is 5.10 Å². The van der Waals surface area contributed by atoms with Crippen LogP contribution in [0.3, 0.4) is 0 Å². The first kappa shape index (κ1) is 19.0. The molecule has 1 heterocycles. The highest BCUT2D eigenvalue weighted by atomic mass is 16.5. The number of carbonyl (C=O) groups excluding carboxylic acids is 1. The molecule has 2 aromatic rings. The molecule has 136 valence electrons. The minimum absolute atomic E-state index is 0.140. The molecule has 7 heteroatoms. The Kier molecular flexibility index (Phi) is 6.55. The van der Waals surface area contributed by atoms with Crippen molar-refractivity contribution < 1.29 is 14.6 Å². The van der Waals surface area contributed by atoms with Crippen LogP contribution >= 0.6 is 0 Å². The number of hydrogen-bond donors (Lipinski definition) is 4. The fourth-order valence-corrected chi connectivity index (χ4v) is 2.34. The molecule has 1 aromatic carbocycles. The molecular formula is C18H26N4O3. The zero-order valence-corrected chi connectivity index (χ0v) is 14.7. The van der Waals surface area contributed by atoms with E-state index in [4.69, 9.17) is 10.5 Å². The SMILES string of the molecule is CC(C)(CCc1ccc(C(N)=O)cc1)NC[C@H](O)COc1cn[nH]c1. The van der Waals surface area contributed by atoms with Crippen LogP contribution in [0.4, 0.5) is 0 Å². The maximum Gasteiger partial charge on any atom is 0.248 e. The fraction of sp³-hybridized carbons (Fsp3) is 0.444. The van der Waals surface area contributed by atoms with Crippen molar-refractivity contribution in [2.75, 3.05) is 13.2 Å². The van der Waals surface area contributed by atoms with Gasteiger partial charge >= 0.3 is 0 Å². The summed E-state index contributed by atoms with van der Waals surface area (Å²) in [7, 11) is 0. The van der Waals surface area contributed by atoms with Crippen molar-refractivity contribution in [2.45, 2.75) is 38.3 Å². The van der Waals surface area contributed by atoms with Crippen LogP contribution in [0.1, 0.15) is 36.2 Å². The Balaban J connectivity index is 1.72. The number of aromatic amines is 1. The molecule has 1 amide bonds. The number of aromatic nitrogens is 2. The molecule has 0 aliphatic carbocycles. The molecule has 0 radical (unpaired) electrons. The van der Waals surface area contributed by atoms with Crippen LogP contribution in [0.5, 0.6) is 5.75 Å². The standard InChI is InChI=1S/C18H26N4O3/c1-18(2,8-7-13-3-5-14(6-4-13)17(19)24)20-9-15(23)12-25-16-10-21-22-11-16/h3-6,10-11,15,20,23H,7-9,12H2,1-2H3,(H2,19,24)(H,21,22)/t15-/m0/s1. The molecule has 5 N–H and O–H groups in total. The lowest BCUT2D eigenvalue weighted by Crippen LogP contribution is -2.45. The summed E-state index contributed by atoms with van der Waals surface area (Å²) in [5.41, 5.74) is 6.76. The molecular weight excluding hydrogens is 320 g/mol. The van der Waals surface area contributed by atoms with Gasteiger partial charge in [-0.05, 0) is 44.4 Å². The summed E-state index contributed by atoms with van der Waals surface area (Å²) in [4.78, 5) is 11.1. The summed E-state index contributed by atoms with van der Waals surface area (Å²) in [6, 6.07) is 7.33. The van der Waals surface area contributed by atoms with E-state index in [0.29, 0.717) is 17.9 Å². The summed E-state index contributed by atoms with van der Waals surface area (Å²) in [6.45, 7) is 4.82. The van der Waals surface area contributed by atoms with Gasteiger partial charge in [0.05, 0.1) is 12.4 Å². The van der Waals surface area contributed by atoms with E-state index in [0.717, 1.165) is 18.4 Å². The number of nitrogens with two attached hydrogens (primary N) is 1. The largest absolute Gasteiger partial charge is 0.488 e. The number of ether oxygens (including phenoxy) is 1. The van der Waals surface area contributed by atoms with E-state index in [-0.39, 0.29) is 12.1 Å². The number of amides is 1. The molecule has 1 atom stereocenters. The predicted octanol–water partition coefficient (Wildman–Crippen LogP) is 1.25. The Bertz CT molecular complexity index is 653. The normalized spacial score (nSPS) is 12.8. The molecule has 7 nitrogen and oxygen atoms in total. The third-order valence-electron chi connectivity index (χ3n) is 4.01. The zero-order valence-electron chi connectivity index (χ0n) is 14.7. The van der Waals surface area contributed by atoms with Gasteiger partial charge in [0, 0.05) is 17.6 Å². The maximum absolute atomic E-state index is 11.1. The summed E-state index contributed by atoms with van der Waals surface area (Å²) in [5.74, 6) is 0.192. The number of hydrogen-bond acceptors (Lipinski definition) is 5. The van der Waals surface area contributed by atoms with E-state index in [1.165, 1.54) is 0 Å². The van der Waals surface area contributed by atoms with Crippen LogP contribution in [0, 0.1) is 0 Å². The number of H-pyrrole nitrogens is 1. The molecule has 0 aliphatic rings. The van der Waals surface area contributed by atoms with E-state index in [1.807, 2.05) is 12.1 Å². The second kappa shape index (κ2) is 8.64. The number of aliphatic hydroxyl groups is 1. The topological polar surface area (TPSA) is 113 Å². The number of aryl methyl sites for hydroxylation is 1. The lowest BCUT2D eigenvalue weighted by molar-refractivity contribution is 0.0982. The van der Waals surface area contributed by atoms with Gasteiger partial charge in [-0.1, -0.05) is 12.1 Å². The van der Waals surface area contributed by atoms with Crippen molar-refractivity contribution in [1.29, 1.82) is 0 Å². The molecule has 0 saturated heterocycles. The molecule has 0 spiro atoms. The van der Waals surface area contributed by atoms with Gasteiger partial charge in [0.2, 0.25) is 5.91 Å². The number of carbonyl (C=O) groups is 1. The van der Waals surface area contributed by atoms with Gasteiger partial charge in [-0.25, -0.2) is 0 Å². The molecule has 0 unspecified atom stereocenters. The summed E-state index contributed by atoms with van der Waals surface area (Å²) >= 11 is 0. The third kappa shape index (κ3) is 6.56. The molecule has 0 saturated carbocycles. The highest BCUT2D eigenvalue weighted by Crippen LogP contribution is 2.14. The zero-order chi connectivity index (χ0) is 18.3. The van der Waals surface area contributed by atoms with Crippen molar-refractivity contribution in [3.8, 4) is 5.75 Å². The van der Waals surface area contributed by atoms with E-state index in [1.54, 1.807) is 24.5 Å². The number of nitrogens with zero attached hydrogens (tertiary/aromatic N) is 1. The smallest absolute Gasteiger partial charge is 0.248 e. The lowest BCUT2D eigenvalue weighted by Gasteiger charge is -2.28.